The number of halogens is 1. The Morgan fingerprint density at radius 1 is 1.25 bits per heavy atom. The van der Waals surface area contributed by atoms with Crippen LogP contribution < -0.4 is 10.1 Å². The van der Waals surface area contributed by atoms with Crippen LogP contribution in [0.2, 0.25) is 0 Å². The molecular weight excluding hydrogens is 318 g/mol. The molecule has 4 nitrogen and oxygen atoms in total. The Labute approximate surface area is 126 Å². The van der Waals surface area contributed by atoms with Gasteiger partial charge in [0.25, 0.3) is 0 Å². The Hall–Kier alpha value is -1.46. The Kier molecular flexibility index (Phi) is 3.98. The lowest BCUT2D eigenvalue weighted by atomic mass is 10.2. The van der Waals surface area contributed by atoms with Crippen LogP contribution in [0.25, 0.3) is 0 Å². The third-order valence-electron chi connectivity index (χ3n) is 3.20. The summed E-state index contributed by atoms with van der Waals surface area (Å²) in [6.45, 7) is 2.80. The highest BCUT2D eigenvalue weighted by molar-refractivity contribution is 9.10. The van der Waals surface area contributed by atoms with Crippen molar-refractivity contribution in [3.05, 3.63) is 46.1 Å². The van der Waals surface area contributed by atoms with Crippen LogP contribution in [-0.4, -0.2) is 16.2 Å². The molecule has 0 amide bonds. The molecule has 1 aliphatic rings. The molecule has 5 heteroatoms. The van der Waals surface area contributed by atoms with Gasteiger partial charge in [-0.25, -0.2) is 0 Å². The zero-order valence-corrected chi connectivity index (χ0v) is 12.9. The van der Waals surface area contributed by atoms with Gasteiger partial charge in [-0.1, -0.05) is 15.9 Å². The maximum atomic E-state index is 5.69. The molecule has 2 aromatic rings. The van der Waals surface area contributed by atoms with Crippen molar-refractivity contribution in [1.29, 1.82) is 0 Å². The number of aromatic nitrogens is 2. The summed E-state index contributed by atoms with van der Waals surface area (Å²) >= 11 is 3.47. The predicted octanol–water partition coefficient (Wildman–Crippen LogP) is 3.59. The lowest BCUT2D eigenvalue weighted by Crippen LogP contribution is -2.16. The summed E-state index contributed by atoms with van der Waals surface area (Å²) in [5.74, 6) is 1.28. The van der Waals surface area contributed by atoms with Crippen molar-refractivity contribution in [3.63, 3.8) is 0 Å². The first-order valence-corrected chi connectivity index (χ1v) is 7.50. The number of benzene rings is 1. The Morgan fingerprint density at radius 2 is 2.10 bits per heavy atom. The second-order valence-corrected chi connectivity index (χ2v) is 5.89. The molecular formula is C15H16BrN3O. The molecule has 1 heterocycles. The van der Waals surface area contributed by atoms with E-state index in [2.05, 4.69) is 31.4 Å². The number of nitrogens with one attached hydrogen (secondary N) is 1. The van der Waals surface area contributed by atoms with E-state index in [0.29, 0.717) is 11.9 Å². The van der Waals surface area contributed by atoms with E-state index in [4.69, 9.17) is 4.74 Å². The van der Waals surface area contributed by atoms with Crippen molar-refractivity contribution in [3.8, 4) is 11.6 Å². The smallest absolute Gasteiger partial charge is 0.238 e. The number of ether oxygens (including phenoxy) is 1. The molecule has 3 rings (SSSR count). The topological polar surface area (TPSA) is 47.0 Å². The monoisotopic (exact) mass is 333 g/mol. The molecule has 0 spiro atoms. The van der Waals surface area contributed by atoms with E-state index in [1.54, 1.807) is 0 Å². The van der Waals surface area contributed by atoms with Crippen LogP contribution in [0.1, 0.15) is 24.1 Å². The molecule has 1 N–H and O–H groups in total. The van der Waals surface area contributed by atoms with Crippen molar-refractivity contribution in [2.45, 2.75) is 32.4 Å². The van der Waals surface area contributed by atoms with Crippen LogP contribution >= 0.6 is 15.9 Å². The Balaban J connectivity index is 1.62. The van der Waals surface area contributed by atoms with Gasteiger partial charge in [-0.05, 0) is 49.6 Å². The maximum absolute atomic E-state index is 5.69. The van der Waals surface area contributed by atoms with Crippen LogP contribution in [0.5, 0.6) is 11.6 Å². The lowest BCUT2D eigenvalue weighted by molar-refractivity contribution is 0.452. The first-order chi connectivity index (χ1) is 9.70. The van der Waals surface area contributed by atoms with Gasteiger partial charge in [0, 0.05) is 23.1 Å². The summed E-state index contributed by atoms with van der Waals surface area (Å²) in [7, 11) is 0. The summed E-state index contributed by atoms with van der Waals surface area (Å²) in [5, 5.41) is 11.7. The van der Waals surface area contributed by atoms with Crippen molar-refractivity contribution < 1.29 is 4.74 Å². The molecule has 1 fully saturated rings. The molecule has 1 saturated carbocycles. The minimum Gasteiger partial charge on any atom is -0.438 e. The van der Waals surface area contributed by atoms with E-state index in [9.17, 15) is 0 Å². The Morgan fingerprint density at radius 3 is 2.75 bits per heavy atom. The average molecular weight is 334 g/mol. The molecule has 1 aromatic carbocycles. The first-order valence-electron chi connectivity index (χ1n) is 6.71. The lowest BCUT2D eigenvalue weighted by Gasteiger charge is -2.07. The second-order valence-electron chi connectivity index (χ2n) is 5.03. The molecule has 1 aliphatic carbocycles. The summed E-state index contributed by atoms with van der Waals surface area (Å²) < 4.78 is 6.76. The molecule has 104 valence electrons. The average Bonchev–Trinajstić information content (AvgIpc) is 3.26. The fourth-order valence-corrected chi connectivity index (χ4v) is 2.08. The van der Waals surface area contributed by atoms with Crippen molar-refractivity contribution >= 4 is 15.9 Å². The predicted molar refractivity (Wildman–Crippen MR) is 80.8 cm³/mol. The molecule has 1 aromatic heterocycles. The van der Waals surface area contributed by atoms with Crippen molar-refractivity contribution in [1.82, 2.24) is 15.5 Å². The highest BCUT2D eigenvalue weighted by atomic mass is 79.9. The van der Waals surface area contributed by atoms with E-state index in [-0.39, 0.29) is 0 Å². The minimum absolute atomic E-state index is 0.516. The fraction of sp³-hybridized carbons (Fsp3) is 0.333. The molecule has 0 saturated heterocycles. The van der Waals surface area contributed by atoms with Gasteiger partial charge in [0.15, 0.2) is 0 Å². The van der Waals surface area contributed by atoms with E-state index in [0.717, 1.165) is 28.0 Å². The number of hydrogen-bond donors (Lipinski definition) is 1. The van der Waals surface area contributed by atoms with Gasteiger partial charge in [-0.15, -0.1) is 5.10 Å². The SMILES string of the molecule is Cc1cc(Oc2ccc(CNC3CC3)nn2)ccc1Br. The quantitative estimate of drug-likeness (QED) is 0.908. The van der Waals surface area contributed by atoms with Gasteiger partial charge in [0.2, 0.25) is 5.88 Å². The highest BCUT2D eigenvalue weighted by Gasteiger charge is 2.20. The molecule has 0 atom stereocenters. The van der Waals surface area contributed by atoms with Crippen molar-refractivity contribution in [2.24, 2.45) is 0 Å². The second kappa shape index (κ2) is 5.89. The summed E-state index contributed by atoms with van der Waals surface area (Å²) in [4.78, 5) is 0. The van der Waals surface area contributed by atoms with Crippen LogP contribution in [0.3, 0.4) is 0 Å². The van der Waals surface area contributed by atoms with E-state index >= 15 is 0 Å². The standard InChI is InChI=1S/C15H16BrN3O/c1-10-8-13(5-6-14(10)16)20-15-7-4-12(18-19-15)9-17-11-2-3-11/h4-8,11,17H,2-3,9H2,1H3. The van der Waals surface area contributed by atoms with Crippen molar-refractivity contribution in [2.75, 3.05) is 0 Å². The van der Waals surface area contributed by atoms with Crippen LogP contribution in [0.4, 0.5) is 0 Å². The minimum atomic E-state index is 0.516. The van der Waals surface area contributed by atoms with Gasteiger partial charge >= 0.3 is 0 Å². The highest BCUT2D eigenvalue weighted by Crippen LogP contribution is 2.25. The largest absolute Gasteiger partial charge is 0.438 e. The normalized spacial score (nSPS) is 14.3. The zero-order valence-electron chi connectivity index (χ0n) is 11.3. The van der Waals surface area contributed by atoms with Crippen LogP contribution in [0, 0.1) is 6.92 Å². The summed E-state index contributed by atoms with van der Waals surface area (Å²) in [5.41, 5.74) is 2.07. The van der Waals surface area contributed by atoms with Gasteiger partial charge < -0.3 is 10.1 Å². The summed E-state index contributed by atoms with van der Waals surface area (Å²) in [6.07, 6.45) is 2.55. The van der Waals surface area contributed by atoms with E-state index < -0.39 is 0 Å². The fourth-order valence-electron chi connectivity index (χ4n) is 1.83. The number of nitrogens with zero attached hydrogens (tertiary/aromatic N) is 2. The number of hydrogen-bond acceptors (Lipinski definition) is 4. The van der Waals surface area contributed by atoms with Crippen LogP contribution in [0.15, 0.2) is 34.8 Å². The molecule has 20 heavy (non-hydrogen) atoms. The van der Waals surface area contributed by atoms with Gasteiger partial charge in [-0.2, -0.15) is 5.10 Å². The number of rotatable bonds is 5. The first kappa shape index (κ1) is 13.5. The molecule has 0 unspecified atom stereocenters. The van der Waals surface area contributed by atoms with E-state index in [1.165, 1.54) is 12.8 Å². The third-order valence-corrected chi connectivity index (χ3v) is 4.09. The van der Waals surface area contributed by atoms with E-state index in [1.807, 2.05) is 37.3 Å². The van der Waals surface area contributed by atoms with Crippen LogP contribution in [-0.2, 0) is 6.54 Å². The third kappa shape index (κ3) is 3.55. The van der Waals surface area contributed by atoms with Gasteiger partial charge in [0.05, 0.1) is 5.69 Å². The maximum Gasteiger partial charge on any atom is 0.238 e. The molecule has 0 bridgehead atoms. The van der Waals surface area contributed by atoms with Gasteiger partial charge in [0.1, 0.15) is 5.75 Å². The summed E-state index contributed by atoms with van der Waals surface area (Å²) in [6, 6.07) is 10.3. The van der Waals surface area contributed by atoms with Gasteiger partial charge in [-0.3, -0.25) is 0 Å². The Bertz CT molecular complexity index is 597. The molecule has 0 radical (unpaired) electrons. The zero-order chi connectivity index (χ0) is 13.9. The number of aryl methyl sites for hydroxylation is 1. The molecule has 0 aliphatic heterocycles.